The first-order chi connectivity index (χ1) is 8.16. The second-order valence-corrected chi connectivity index (χ2v) is 4.94. The van der Waals surface area contributed by atoms with E-state index in [-0.39, 0.29) is 5.91 Å². The second-order valence-electron chi connectivity index (χ2n) is 4.94. The fraction of sp³-hybridized carbons (Fsp3) is 0.667. The van der Waals surface area contributed by atoms with Crippen molar-refractivity contribution in [2.75, 3.05) is 19.6 Å². The minimum atomic E-state index is -0.0400. The summed E-state index contributed by atoms with van der Waals surface area (Å²) >= 11 is 0. The molecule has 0 bridgehead atoms. The standard InChI is InChI=1S/C12H20N4O/c1-9(2)16-4-3-10(8-16)5-13-12(17)11-6-14-15-7-11/h6-7,9-10H,3-5,8H2,1-2H3,(H,13,17)(H,14,15). The Balaban J connectivity index is 1.75. The maximum Gasteiger partial charge on any atom is 0.254 e. The summed E-state index contributed by atoms with van der Waals surface area (Å²) in [7, 11) is 0. The lowest BCUT2D eigenvalue weighted by atomic mass is 10.1. The maximum atomic E-state index is 11.7. The number of H-pyrrole nitrogens is 1. The topological polar surface area (TPSA) is 61.0 Å². The molecule has 5 heteroatoms. The average Bonchev–Trinajstić information content (AvgIpc) is 2.97. The molecule has 0 aliphatic carbocycles. The number of aromatic amines is 1. The summed E-state index contributed by atoms with van der Waals surface area (Å²) in [6, 6.07) is 0.601. The third-order valence-corrected chi connectivity index (χ3v) is 3.36. The molecular formula is C12H20N4O. The van der Waals surface area contributed by atoms with Gasteiger partial charge in [0.2, 0.25) is 0 Å². The number of nitrogens with zero attached hydrogens (tertiary/aromatic N) is 2. The van der Waals surface area contributed by atoms with Gasteiger partial charge in [0, 0.05) is 25.3 Å². The molecule has 1 unspecified atom stereocenters. The molecule has 1 aromatic rings. The lowest BCUT2D eigenvalue weighted by molar-refractivity contribution is 0.0947. The summed E-state index contributed by atoms with van der Waals surface area (Å²) in [5, 5.41) is 9.37. The van der Waals surface area contributed by atoms with E-state index in [0.29, 0.717) is 17.5 Å². The molecule has 2 heterocycles. The van der Waals surface area contributed by atoms with Crippen LogP contribution in [-0.2, 0) is 0 Å². The first kappa shape index (κ1) is 12.1. The van der Waals surface area contributed by atoms with Gasteiger partial charge in [0.15, 0.2) is 0 Å². The Morgan fingerprint density at radius 2 is 2.53 bits per heavy atom. The minimum Gasteiger partial charge on any atom is -0.352 e. The van der Waals surface area contributed by atoms with Crippen LogP contribution in [0.25, 0.3) is 0 Å². The van der Waals surface area contributed by atoms with Crippen LogP contribution in [0.4, 0.5) is 0 Å². The van der Waals surface area contributed by atoms with E-state index in [1.807, 2.05) is 0 Å². The van der Waals surface area contributed by atoms with Crippen LogP contribution in [0.1, 0.15) is 30.6 Å². The van der Waals surface area contributed by atoms with E-state index in [1.165, 1.54) is 6.42 Å². The van der Waals surface area contributed by atoms with E-state index >= 15 is 0 Å². The third-order valence-electron chi connectivity index (χ3n) is 3.36. The molecule has 1 amide bonds. The highest BCUT2D eigenvalue weighted by molar-refractivity contribution is 5.93. The number of carbonyl (C=O) groups excluding carboxylic acids is 1. The Labute approximate surface area is 102 Å². The fourth-order valence-electron chi connectivity index (χ4n) is 2.21. The van der Waals surface area contributed by atoms with Crippen LogP contribution in [0.15, 0.2) is 12.4 Å². The smallest absolute Gasteiger partial charge is 0.254 e. The number of hydrogen-bond acceptors (Lipinski definition) is 3. The number of amides is 1. The number of carbonyl (C=O) groups is 1. The molecule has 94 valence electrons. The molecule has 1 saturated heterocycles. The van der Waals surface area contributed by atoms with E-state index in [2.05, 4.69) is 34.3 Å². The van der Waals surface area contributed by atoms with E-state index in [1.54, 1.807) is 12.4 Å². The van der Waals surface area contributed by atoms with Crippen molar-refractivity contribution in [3.8, 4) is 0 Å². The highest BCUT2D eigenvalue weighted by Gasteiger charge is 2.24. The first-order valence-corrected chi connectivity index (χ1v) is 6.18. The molecule has 1 atom stereocenters. The highest BCUT2D eigenvalue weighted by Crippen LogP contribution is 2.17. The average molecular weight is 236 g/mol. The molecule has 5 nitrogen and oxygen atoms in total. The number of aromatic nitrogens is 2. The van der Waals surface area contributed by atoms with Crippen molar-refractivity contribution in [1.29, 1.82) is 0 Å². The zero-order chi connectivity index (χ0) is 12.3. The summed E-state index contributed by atoms with van der Waals surface area (Å²) in [6.07, 6.45) is 4.33. The Morgan fingerprint density at radius 3 is 3.12 bits per heavy atom. The first-order valence-electron chi connectivity index (χ1n) is 6.18. The van der Waals surface area contributed by atoms with Gasteiger partial charge in [-0.1, -0.05) is 0 Å². The lowest BCUT2D eigenvalue weighted by Gasteiger charge is -2.20. The third kappa shape index (κ3) is 3.06. The van der Waals surface area contributed by atoms with Crippen molar-refractivity contribution in [2.24, 2.45) is 5.92 Å². The van der Waals surface area contributed by atoms with Gasteiger partial charge in [-0.25, -0.2) is 0 Å². The highest BCUT2D eigenvalue weighted by atomic mass is 16.1. The van der Waals surface area contributed by atoms with E-state index < -0.39 is 0 Å². The van der Waals surface area contributed by atoms with Crippen LogP contribution in [-0.4, -0.2) is 46.7 Å². The number of rotatable bonds is 4. The maximum absolute atomic E-state index is 11.7. The van der Waals surface area contributed by atoms with Gasteiger partial charge < -0.3 is 10.2 Å². The van der Waals surface area contributed by atoms with Crippen molar-refractivity contribution in [2.45, 2.75) is 26.3 Å². The molecule has 17 heavy (non-hydrogen) atoms. The Hall–Kier alpha value is -1.36. The van der Waals surface area contributed by atoms with Gasteiger partial charge in [0.25, 0.3) is 5.91 Å². The Morgan fingerprint density at radius 1 is 1.71 bits per heavy atom. The molecule has 1 aromatic heterocycles. The van der Waals surface area contributed by atoms with Crippen molar-refractivity contribution in [1.82, 2.24) is 20.4 Å². The summed E-state index contributed by atoms with van der Waals surface area (Å²) < 4.78 is 0. The Kier molecular flexibility index (Phi) is 3.78. The Bertz CT molecular complexity index is 361. The second kappa shape index (κ2) is 5.31. The van der Waals surface area contributed by atoms with Gasteiger partial charge >= 0.3 is 0 Å². The van der Waals surface area contributed by atoms with Crippen LogP contribution in [0, 0.1) is 5.92 Å². The summed E-state index contributed by atoms with van der Waals surface area (Å²) in [6.45, 7) is 7.42. The molecule has 2 rings (SSSR count). The van der Waals surface area contributed by atoms with Crippen molar-refractivity contribution < 1.29 is 4.79 Å². The minimum absolute atomic E-state index is 0.0400. The molecule has 0 radical (unpaired) electrons. The summed E-state index contributed by atoms with van der Waals surface area (Å²) in [4.78, 5) is 14.1. The number of nitrogens with one attached hydrogen (secondary N) is 2. The predicted octanol–water partition coefficient (Wildman–Crippen LogP) is 0.870. The normalized spacial score (nSPS) is 21.0. The SMILES string of the molecule is CC(C)N1CCC(CNC(=O)c2cn[nH]c2)C1. The molecule has 0 saturated carbocycles. The largest absolute Gasteiger partial charge is 0.352 e. The van der Waals surface area contributed by atoms with Crippen LogP contribution in [0.3, 0.4) is 0 Å². The molecule has 1 fully saturated rings. The molecule has 1 aliphatic heterocycles. The van der Waals surface area contributed by atoms with Gasteiger partial charge in [-0.05, 0) is 32.7 Å². The van der Waals surface area contributed by atoms with Gasteiger partial charge in [-0.2, -0.15) is 5.10 Å². The van der Waals surface area contributed by atoms with Crippen LogP contribution >= 0.6 is 0 Å². The summed E-state index contributed by atoms with van der Waals surface area (Å²) in [5.41, 5.74) is 0.601. The zero-order valence-corrected chi connectivity index (χ0v) is 10.4. The summed E-state index contributed by atoms with van der Waals surface area (Å²) in [5.74, 6) is 0.537. The molecule has 0 spiro atoms. The van der Waals surface area contributed by atoms with Gasteiger partial charge in [-0.3, -0.25) is 9.89 Å². The predicted molar refractivity (Wildman–Crippen MR) is 65.7 cm³/mol. The van der Waals surface area contributed by atoms with E-state index in [0.717, 1.165) is 19.6 Å². The van der Waals surface area contributed by atoms with Crippen LogP contribution < -0.4 is 5.32 Å². The molecule has 2 N–H and O–H groups in total. The molecular weight excluding hydrogens is 216 g/mol. The quantitative estimate of drug-likeness (QED) is 0.815. The lowest BCUT2D eigenvalue weighted by Crippen LogP contribution is -2.32. The number of hydrogen-bond donors (Lipinski definition) is 2. The van der Waals surface area contributed by atoms with Crippen molar-refractivity contribution in [3.05, 3.63) is 18.0 Å². The van der Waals surface area contributed by atoms with E-state index in [4.69, 9.17) is 0 Å². The fourth-order valence-corrected chi connectivity index (χ4v) is 2.21. The van der Waals surface area contributed by atoms with Crippen LogP contribution in [0.2, 0.25) is 0 Å². The van der Waals surface area contributed by atoms with Gasteiger partial charge in [0.1, 0.15) is 0 Å². The molecule has 0 aromatic carbocycles. The van der Waals surface area contributed by atoms with E-state index in [9.17, 15) is 4.79 Å². The van der Waals surface area contributed by atoms with Crippen molar-refractivity contribution in [3.63, 3.8) is 0 Å². The van der Waals surface area contributed by atoms with Gasteiger partial charge in [-0.15, -0.1) is 0 Å². The number of likely N-dealkylation sites (tertiary alicyclic amines) is 1. The monoisotopic (exact) mass is 236 g/mol. The molecule has 1 aliphatic rings. The van der Waals surface area contributed by atoms with Crippen LogP contribution in [0.5, 0.6) is 0 Å². The van der Waals surface area contributed by atoms with Crippen molar-refractivity contribution >= 4 is 5.91 Å². The van der Waals surface area contributed by atoms with Gasteiger partial charge in [0.05, 0.1) is 11.8 Å². The zero-order valence-electron chi connectivity index (χ0n) is 10.4.